The predicted octanol–water partition coefficient (Wildman–Crippen LogP) is 1.69. The number of nitrogens with one attached hydrogen (secondary N) is 3. The van der Waals surface area contributed by atoms with Gasteiger partial charge >= 0.3 is 0 Å². The maximum absolute atomic E-state index is 12.8. The number of morpholine rings is 1. The second-order valence-electron chi connectivity index (χ2n) is 6.32. The zero-order valence-electron chi connectivity index (χ0n) is 16.0. The Morgan fingerprint density at radius 2 is 2.07 bits per heavy atom. The maximum atomic E-state index is 12.8. The number of hydrogen-bond donors (Lipinski definition) is 3. The van der Waals surface area contributed by atoms with Gasteiger partial charge in [-0.1, -0.05) is 11.6 Å². The van der Waals surface area contributed by atoms with E-state index in [9.17, 15) is 13.2 Å². The molecule has 1 saturated heterocycles. The fourth-order valence-corrected chi connectivity index (χ4v) is 5.05. The molecule has 3 N–H and O–H groups in total. The zero-order chi connectivity index (χ0) is 21.7. The highest BCUT2D eigenvalue weighted by Gasteiger charge is 2.27. The number of hydrazine groups is 1. The number of amides is 1. The standard InChI is InChI=1S/C17H20ClN5O4S3/c1-11-19-12(10-29-11)8-16(24)21-22-17(28)20-15-9-13(2-3-14(15)18)30(25,26)23-4-6-27-7-5-23/h2-3,9-10H,4-8H2,1H3,(H,21,24)(H2,20,22,28). The van der Waals surface area contributed by atoms with E-state index in [1.165, 1.54) is 33.8 Å². The van der Waals surface area contributed by atoms with Gasteiger partial charge in [-0.05, 0) is 37.3 Å². The number of carbonyl (C=O) groups excluding carboxylic acids is 1. The fraction of sp³-hybridized carbons (Fsp3) is 0.353. The monoisotopic (exact) mass is 489 g/mol. The van der Waals surface area contributed by atoms with E-state index in [-0.39, 0.29) is 40.4 Å². The molecule has 1 amide bonds. The number of carbonyl (C=O) groups is 1. The van der Waals surface area contributed by atoms with Crippen LogP contribution >= 0.6 is 35.2 Å². The Morgan fingerprint density at radius 1 is 1.33 bits per heavy atom. The number of rotatable bonds is 5. The van der Waals surface area contributed by atoms with Gasteiger partial charge in [0.1, 0.15) is 0 Å². The molecule has 162 valence electrons. The summed E-state index contributed by atoms with van der Waals surface area (Å²) in [7, 11) is -3.68. The average molecular weight is 490 g/mol. The molecule has 0 unspecified atom stereocenters. The maximum Gasteiger partial charge on any atom is 0.244 e. The summed E-state index contributed by atoms with van der Waals surface area (Å²) in [6.07, 6.45) is 0.105. The number of ether oxygens (including phenoxy) is 1. The molecule has 0 spiro atoms. The van der Waals surface area contributed by atoms with Crippen molar-refractivity contribution in [3.8, 4) is 0 Å². The van der Waals surface area contributed by atoms with Gasteiger partial charge in [0.05, 0.1) is 45.9 Å². The molecule has 1 fully saturated rings. The minimum atomic E-state index is -3.68. The SMILES string of the molecule is Cc1nc(CC(=O)NNC(=S)Nc2cc(S(=O)(=O)N3CCOCC3)ccc2Cl)cs1. The molecule has 0 bridgehead atoms. The van der Waals surface area contributed by atoms with Gasteiger partial charge in [0.15, 0.2) is 5.11 Å². The van der Waals surface area contributed by atoms with Crippen molar-refractivity contribution in [1.82, 2.24) is 20.1 Å². The van der Waals surface area contributed by atoms with Crippen LogP contribution in [0.3, 0.4) is 0 Å². The molecule has 2 aromatic rings. The van der Waals surface area contributed by atoms with Gasteiger partial charge in [-0.25, -0.2) is 13.4 Å². The van der Waals surface area contributed by atoms with Gasteiger partial charge in [-0.15, -0.1) is 11.3 Å². The number of thiazole rings is 1. The normalized spacial score (nSPS) is 14.9. The molecule has 1 aromatic carbocycles. The van der Waals surface area contributed by atoms with Crippen molar-refractivity contribution in [1.29, 1.82) is 0 Å². The molecule has 30 heavy (non-hydrogen) atoms. The minimum absolute atomic E-state index is 0.0561. The highest BCUT2D eigenvalue weighted by Crippen LogP contribution is 2.27. The molecule has 0 aliphatic carbocycles. The van der Waals surface area contributed by atoms with Gasteiger partial charge in [-0.3, -0.25) is 15.6 Å². The number of anilines is 1. The quantitative estimate of drug-likeness (QED) is 0.429. The summed E-state index contributed by atoms with van der Waals surface area (Å²) in [5.74, 6) is -0.320. The molecule has 9 nitrogen and oxygen atoms in total. The molecule has 0 radical (unpaired) electrons. The third kappa shape index (κ3) is 5.86. The zero-order valence-corrected chi connectivity index (χ0v) is 19.2. The third-order valence-electron chi connectivity index (χ3n) is 4.12. The van der Waals surface area contributed by atoms with Crippen molar-refractivity contribution in [2.75, 3.05) is 31.6 Å². The first kappa shape index (κ1) is 22.8. The third-order valence-corrected chi connectivity index (χ3v) is 7.37. The Balaban J connectivity index is 1.60. The first-order chi connectivity index (χ1) is 14.3. The van der Waals surface area contributed by atoms with E-state index >= 15 is 0 Å². The Hall–Kier alpha value is -1.83. The Bertz CT molecular complexity index is 1040. The van der Waals surface area contributed by atoms with Gasteiger partial charge in [0.25, 0.3) is 0 Å². The van der Waals surface area contributed by atoms with Crippen LogP contribution < -0.4 is 16.2 Å². The van der Waals surface area contributed by atoms with E-state index in [0.29, 0.717) is 24.6 Å². The van der Waals surface area contributed by atoms with Gasteiger partial charge in [0.2, 0.25) is 15.9 Å². The number of halogens is 1. The summed E-state index contributed by atoms with van der Waals surface area (Å²) in [6, 6.07) is 4.32. The first-order valence-corrected chi connectivity index (χ1v) is 12.0. The Labute approximate surface area is 188 Å². The summed E-state index contributed by atoms with van der Waals surface area (Å²) < 4.78 is 32.2. The highest BCUT2D eigenvalue weighted by atomic mass is 35.5. The van der Waals surface area contributed by atoms with E-state index in [0.717, 1.165) is 5.01 Å². The number of thiocarbonyl (C=S) groups is 1. The van der Waals surface area contributed by atoms with Crippen LogP contribution in [-0.2, 0) is 26.0 Å². The summed E-state index contributed by atoms with van der Waals surface area (Å²) in [4.78, 5) is 16.3. The summed E-state index contributed by atoms with van der Waals surface area (Å²) in [5.41, 5.74) is 6.00. The lowest BCUT2D eigenvalue weighted by molar-refractivity contribution is -0.121. The van der Waals surface area contributed by atoms with Crippen LogP contribution in [0.15, 0.2) is 28.5 Å². The van der Waals surface area contributed by atoms with Crippen LogP contribution in [0, 0.1) is 6.92 Å². The number of benzene rings is 1. The second kappa shape index (κ2) is 9.98. The number of aromatic nitrogens is 1. The van der Waals surface area contributed by atoms with Gasteiger partial charge in [0, 0.05) is 18.5 Å². The molecule has 1 aromatic heterocycles. The number of sulfonamides is 1. The Kier molecular flexibility index (Phi) is 7.60. The van der Waals surface area contributed by atoms with Crippen LogP contribution in [0.4, 0.5) is 5.69 Å². The van der Waals surface area contributed by atoms with Crippen LogP contribution in [0.5, 0.6) is 0 Å². The van der Waals surface area contributed by atoms with Crippen molar-refractivity contribution < 1.29 is 17.9 Å². The minimum Gasteiger partial charge on any atom is -0.379 e. The smallest absolute Gasteiger partial charge is 0.244 e. The van der Waals surface area contributed by atoms with Gasteiger partial charge < -0.3 is 10.1 Å². The van der Waals surface area contributed by atoms with E-state index in [1.54, 1.807) is 0 Å². The van der Waals surface area contributed by atoms with Crippen LogP contribution in [0.25, 0.3) is 0 Å². The summed E-state index contributed by atoms with van der Waals surface area (Å²) in [6.45, 7) is 3.15. The summed E-state index contributed by atoms with van der Waals surface area (Å²) in [5, 5.41) is 5.83. The molecule has 3 rings (SSSR count). The van der Waals surface area contributed by atoms with Gasteiger partial charge in [-0.2, -0.15) is 4.31 Å². The Morgan fingerprint density at radius 3 is 2.73 bits per heavy atom. The predicted molar refractivity (Wildman–Crippen MR) is 119 cm³/mol. The molecule has 1 aliphatic heterocycles. The fourth-order valence-electron chi connectivity index (χ4n) is 2.67. The van der Waals surface area contributed by atoms with Crippen molar-refractivity contribution in [3.63, 3.8) is 0 Å². The molecule has 0 atom stereocenters. The van der Waals surface area contributed by atoms with E-state index in [2.05, 4.69) is 21.2 Å². The van der Waals surface area contributed by atoms with Crippen LogP contribution in [-0.4, -0.2) is 55.0 Å². The average Bonchev–Trinajstić information content (AvgIpc) is 3.13. The lowest BCUT2D eigenvalue weighted by atomic mass is 10.3. The highest BCUT2D eigenvalue weighted by molar-refractivity contribution is 7.89. The largest absolute Gasteiger partial charge is 0.379 e. The molecule has 1 aliphatic rings. The van der Waals surface area contributed by atoms with Crippen molar-refractivity contribution >= 4 is 61.9 Å². The number of hydrogen-bond acceptors (Lipinski definition) is 7. The molecular weight excluding hydrogens is 470 g/mol. The molecule has 0 saturated carbocycles. The summed E-state index contributed by atoms with van der Waals surface area (Å²) >= 11 is 12.8. The van der Waals surface area contributed by atoms with E-state index in [1.807, 2.05) is 12.3 Å². The van der Waals surface area contributed by atoms with Crippen LogP contribution in [0.2, 0.25) is 5.02 Å². The van der Waals surface area contributed by atoms with E-state index in [4.69, 9.17) is 28.6 Å². The second-order valence-corrected chi connectivity index (χ2v) is 10.1. The van der Waals surface area contributed by atoms with Crippen molar-refractivity contribution in [3.05, 3.63) is 39.3 Å². The topological polar surface area (TPSA) is 113 Å². The van der Waals surface area contributed by atoms with Crippen molar-refractivity contribution in [2.24, 2.45) is 0 Å². The first-order valence-electron chi connectivity index (χ1n) is 8.90. The molecule has 2 heterocycles. The van der Waals surface area contributed by atoms with E-state index < -0.39 is 10.0 Å². The number of nitrogens with zero attached hydrogens (tertiary/aromatic N) is 2. The lowest BCUT2D eigenvalue weighted by Crippen LogP contribution is -2.44. The molecule has 13 heteroatoms. The van der Waals surface area contributed by atoms with Crippen molar-refractivity contribution in [2.45, 2.75) is 18.2 Å². The lowest BCUT2D eigenvalue weighted by Gasteiger charge is -2.26. The molecular formula is C17H20ClN5O4S3. The number of aryl methyl sites for hydroxylation is 1. The van der Waals surface area contributed by atoms with Crippen LogP contribution in [0.1, 0.15) is 10.7 Å².